The van der Waals surface area contributed by atoms with Crippen molar-refractivity contribution in [1.82, 2.24) is 5.32 Å². The highest BCUT2D eigenvalue weighted by molar-refractivity contribution is 6.43. The van der Waals surface area contributed by atoms with Crippen LogP contribution in [0.3, 0.4) is 0 Å². The van der Waals surface area contributed by atoms with Gasteiger partial charge in [-0.25, -0.2) is 4.79 Å². The zero-order valence-corrected chi connectivity index (χ0v) is 13.3. The molecule has 1 aromatic carbocycles. The third-order valence-corrected chi connectivity index (χ3v) is 3.16. The number of ether oxygens (including phenoxy) is 2. The van der Waals surface area contributed by atoms with Crippen LogP contribution in [0.15, 0.2) is 12.1 Å². The number of hydrogen-bond acceptors (Lipinski definition) is 5. The van der Waals surface area contributed by atoms with Crippen LogP contribution in [0.25, 0.3) is 0 Å². The van der Waals surface area contributed by atoms with Gasteiger partial charge in [0.05, 0.1) is 21.6 Å². The summed E-state index contributed by atoms with van der Waals surface area (Å²) in [5.74, 6) is -2.04. The van der Waals surface area contributed by atoms with E-state index in [2.05, 4.69) is 10.1 Å². The van der Waals surface area contributed by atoms with Crippen molar-refractivity contribution in [1.29, 1.82) is 0 Å². The van der Waals surface area contributed by atoms with Crippen molar-refractivity contribution in [3.63, 3.8) is 0 Å². The smallest absolute Gasteiger partial charge is 0.344 e. The highest BCUT2D eigenvalue weighted by Crippen LogP contribution is 2.33. The highest BCUT2D eigenvalue weighted by atomic mass is 35.5. The minimum Gasteiger partial charge on any atom is -0.480 e. The molecule has 0 heterocycles. The molecule has 0 bridgehead atoms. The Bertz CT molecular complexity index is 594. The number of nitrogens with two attached hydrogens (primary N) is 1. The molecule has 0 aliphatic rings. The summed E-state index contributed by atoms with van der Waals surface area (Å²) in [6.45, 7) is -1.39. The third kappa shape index (κ3) is 6.38. The quantitative estimate of drug-likeness (QED) is 0.554. The van der Waals surface area contributed by atoms with Gasteiger partial charge < -0.3 is 20.5 Å². The average molecular weight is 370 g/mol. The molecule has 0 fully saturated rings. The highest BCUT2D eigenvalue weighted by Gasteiger charge is 2.12. The molecule has 0 saturated heterocycles. The Morgan fingerprint density at radius 3 is 2.32 bits per heavy atom. The van der Waals surface area contributed by atoms with Gasteiger partial charge in [0.2, 0.25) is 5.91 Å². The Balaban J connectivity index is 2.39. The lowest BCUT2D eigenvalue weighted by Crippen LogP contribution is -2.36. The first-order valence-corrected chi connectivity index (χ1v) is 6.91. The molecule has 3 N–H and O–H groups in total. The van der Waals surface area contributed by atoms with E-state index in [1.807, 2.05) is 0 Å². The fraction of sp³-hybridized carbons (Fsp3) is 0.250. The first-order chi connectivity index (χ1) is 10.3. The van der Waals surface area contributed by atoms with E-state index in [4.69, 9.17) is 45.3 Å². The van der Waals surface area contributed by atoms with Gasteiger partial charge in [-0.3, -0.25) is 9.59 Å². The number of carbonyl (C=O) groups is 3. The van der Waals surface area contributed by atoms with E-state index in [0.29, 0.717) is 0 Å². The Morgan fingerprint density at radius 2 is 1.68 bits per heavy atom. The van der Waals surface area contributed by atoms with Crippen molar-refractivity contribution in [2.75, 3.05) is 19.8 Å². The van der Waals surface area contributed by atoms with Crippen LogP contribution >= 0.6 is 34.8 Å². The Morgan fingerprint density at radius 1 is 1.05 bits per heavy atom. The second-order valence-electron chi connectivity index (χ2n) is 3.89. The maximum absolute atomic E-state index is 11.4. The van der Waals surface area contributed by atoms with Crippen molar-refractivity contribution in [3.05, 3.63) is 27.2 Å². The Hall–Kier alpha value is -1.70. The lowest BCUT2D eigenvalue weighted by atomic mass is 10.3. The maximum atomic E-state index is 11.4. The maximum Gasteiger partial charge on any atom is 0.344 e. The molecular formula is C12H11Cl3N2O5. The number of carbonyl (C=O) groups excluding carboxylic acids is 3. The summed E-state index contributed by atoms with van der Waals surface area (Å²) in [5, 5.41) is 2.77. The number of halogens is 3. The second-order valence-corrected chi connectivity index (χ2v) is 5.11. The fourth-order valence-electron chi connectivity index (χ4n) is 1.18. The van der Waals surface area contributed by atoms with Crippen LogP contribution in [0.5, 0.6) is 5.75 Å². The molecule has 0 aliphatic carbocycles. The Kier molecular flexibility index (Phi) is 7.23. The fourth-order valence-corrected chi connectivity index (χ4v) is 1.77. The lowest BCUT2D eigenvalue weighted by Gasteiger charge is -2.09. The summed E-state index contributed by atoms with van der Waals surface area (Å²) < 4.78 is 9.73. The summed E-state index contributed by atoms with van der Waals surface area (Å²) in [7, 11) is 0. The molecule has 1 aromatic rings. The number of hydrogen-bond donors (Lipinski definition) is 2. The van der Waals surface area contributed by atoms with Crippen LogP contribution in [-0.2, 0) is 19.1 Å². The molecule has 22 heavy (non-hydrogen) atoms. The van der Waals surface area contributed by atoms with Crippen molar-refractivity contribution in [2.45, 2.75) is 0 Å². The molecular weight excluding hydrogens is 358 g/mol. The van der Waals surface area contributed by atoms with Gasteiger partial charge in [0.15, 0.2) is 13.2 Å². The predicted molar refractivity (Wildman–Crippen MR) is 80.1 cm³/mol. The number of esters is 1. The minimum absolute atomic E-state index is 0.145. The average Bonchev–Trinajstić information content (AvgIpc) is 2.45. The van der Waals surface area contributed by atoms with E-state index in [1.54, 1.807) is 0 Å². The molecule has 0 aromatic heterocycles. The van der Waals surface area contributed by atoms with E-state index < -0.39 is 31.0 Å². The molecule has 0 unspecified atom stereocenters. The van der Waals surface area contributed by atoms with Crippen LogP contribution in [0.2, 0.25) is 15.1 Å². The lowest BCUT2D eigenvalue weighted by molar-refractivity contribution is -0.150. The van der Waals surface area contributed by atoms with Crippen molar-refractivity contribution in [2.24, 2.45) is 5.73 Å². The second kappa shape index (κ2) is 8.67. The number of primary amides is 1. The molecule has 0 radical (unpaired) electrons. The first kappa shape index (κ1) is 18.3. The standard InChI is InChI=1S/C12H11Cl3N2O5/c13-6-1-8(15)9(2-7(6)14)21-5-12(20)22-4-11(19)17-3-10(16)18/h1-2H,3-5H2,(H2,16,18)(H,17,19). The third-order valence-electron chi connectivity index (χ3n) is 2.14. The monoisotopic (exact) mass is 368 g/mol. The van der Waals surface area contributed by atoms with Gasteiger partial charge in [0.1, 0.15) is 5.75 Å². The summed E-state index contributed by atoms with van der Waals surface area (Å²) in [5.41, 5.74) is 4.83. The summed E-state index contributed by atoms with van der Waals surface area (Å²) in [6, 6.07) is 2.71. The SMILES string of the molecule is NC(=O)CNC(=O)COC(=O)COc1cc(Cl)c(Cl)cc1Cl. The molecule has 0 spiro atoms. The predicted octanol–water partition coefficient (Wildman–Crippen LogP) is 1.17. The van der Waals surface area contributed by atoms with Crippen LogP contribution in [0.4, 0.5) is 0 Å². The van der Waals surface area contributed by atoms with Crippen LogP contribution < -0.4 is 15.8 Å². The van der Waals surface area contributed by atoms with Gasteiger partial charge >= 0.3 is 5.97 Å². The molecule has 0 saturated carbocycles. The summed E-state index contributed by atoms with van der Waals surface area (Å²) in [4.78, 5) is 33.0. The van der Waals surface area contributed by atoms with E-state index in [1.165, 1.54) is 12.1 Å². The topological polar surface area (TPSA) is 108 Å². The van der Waals surface area contributed by atoms with Gasteiger partial charge in [0, 0.05) is 6.07 Å². The van der Waals surface area contributed by atoms with E-state index >= 15 is 0 Å². The van der Waals surface area contributed by atoms with E-state index in [9.17, 15) is 14.4 Å². The molecule has 0 aliphatic heterocycles. The molecule has 7 nitrogen and oxygen atoms in total. The van der Waals surface area contributed by atoms with Gasteiger partial charge in [-0.05, 0) is 6.07 Å². The number of rotatable bonds is 7. The minimum atomic E-state index is -0.809. The number of amides is 2. The zero-order valence-electron chi connectivity index (χ0n) is 11.0. The summed E-state index contributed by atoms with van der Waals surface area (Å²) in [6.07, 6.45) is 0. The number of benzene rings is 1. The Labute approximate surface area is 140 Å². The molecule has 10 heteroatoms. The van der Waals surface area contributed by atoms with Crippen LogP contribution in [0, 0.1) is 0 Å². The van der Waals surface area contributed by atoms with Crippen molar-refractivity contribution < 1.29 is 23.9 Å². The summed E-state index contributed by atoms with van der Waals surface area (Å²) >= 11 is 17.4. The normalized spacial score (nSPS) is 9.95. The van der Waals surface area contributed by atoms with Gasteiger partial charge in [-0.2, -0.15) is 0 Å². The largest absolute Gasteiger partial charge is 0.480 e. The molecule has 1 rings (SSSR count). The number of nitrogens with one attached hydrogen (secondary N) is 1. The first-order valence-electron chi connectivity index (χ1n) is 5.77. The molecule has 120 valence electrons. The molecule has 2 amide bonds. The van der Waals surface area contributed by atoms with Crippen LogP contribution in [-0.4, -0.2) is 37.5 Å². The van der Waals surface area contributed by atoms with Crippen LogP contribution in [0.1, 0.15) is 0 Å². The van der Waals surface area contributed by atoms with E-state index in [0.717, 1.165) is 0 Å². The van der Waals surface area contributed by atoms with Crippen molar-refractivity contribution in [3.8, 4) is 5.75 Å². The van der Waals surface area contributed by atoms with Gasteiger partial charge in [-0.15, -0.1) is 0 Å². The molecule has 0 atom stereocenters. The van der Waals surface area contributed by atoms with E-state index in [-0.39, 0.29) is 27.4 Å². The van der Waals surface area contributed by atoms with Crippen molar-refractivity contribution >= 4 is 52.6 Å². The van der Waals surface area contributed by atoms with Gasteiger partial charge in [0.25, 0.3) is 5.91 Å². The zero-order chi connectivity index (χ0) is 16.7. The van der Waals surface area contributed by atoms with Gasteiger partial charge in [-0.1, -0.05) is 34.8 Å².